The topological polar surface area (TPSA) is 69.9 Å². The molecule has 120 valence electrons. The number of fused-ring (bicyclic) bond motifs is 1. The van der Waals surface area contributed by atoms with Crippen LogP contribution in [-0.2, 0) is 16.3 Å². The van der Waals surface area contributed by atoms with Crippen LogP contribution in [-0.4, -0.2) is 43.9 Å². The molecule has 0 aromatic carbocycles. The molecule has 2 aromatic rings. The Labute approximate surface area is 139 Å². The van der Waals surface area contributed by atoms with Crippen LogP contribution in [0.3, 0.4) is 0 Å². The van der Waals surface area contributed by atoms with Gasteiger partial charge < -0.3 is 0 Å². The number of halogens is 1. The zero-order valence-corrected chi connectivity index (χ0v) is 17.4. The van der Waals surface area contributed by atoms with Crippen LogP contribution in [0.2, 0.25) is 20.0 Å². The molecule has 0 spiro atoms. The molecule has 6 nitrogen and oxygen atoms in total. The zero-order chi connectivity index (χ0) is 16.7. The van der Waals surface area contributed by atoms with Crippen molar-refractivity contribution < 1.29 is 9.53 Å². The predicted octanol–water partition coefficient (Wildman–Crippen LogP) is 2.57. The molecular weight excluding hydrogens is 410 g/mol. The summed E-state index contributed by atoms with van der Waals surface area (Å²) in [6, 6.07) is 0. The molecule has 0 aliphatic rings. The molecule has 2 rings (SSSR count). The summed E-state index contributed by atoms with van der Waals surface area (Å²) >= 11 is 3.76. The van der Waals surface area contributed by atoms with Gasteiger partial charge >= 0.3 is 139 Å². The molecule has 0 saturated carbocycles. The minimum atomic E-state index is -2.46. The average molecular weight is 432 g/mol. The van der Waals surface area contributed by atoms with E-state index < -0.39 is 23.8 Å². The molecule has 8 heteroatoms. The Hall–Kier alpha value is -0.891. The summed E-state index contributed by atoms with van der Waals surface area (Å²) < 4.78 is 7.84. The fourth-order valence-corrected chi connectivity index (χ4v) is 4.64. The SMILES string of the molecule is CC(C)(C)C(=O)OCn1cnc2c(Cl)n[c]([Sn]([CH3])([CH3])[CH3])nc21. The number of carbonyl (C=O) groups excluding carboxylic acids is 1. The van der Waals surface area contributed by atoms with Crippen LogP contribution in [0.4, 0.5) is 0 Å². The number of esters is 1. The van der Waals surface area contributed by atoms with Crippen molar-refractivity contribution >= 4 is 51.0 Å². The van der Waals surface area contributed by atoms with Gasteiger partial charge in [-0.3, -0.25) is 0 Å². The minimum absolute atomic E-state index is 0.0685. The molecule has 0 amide bonds. The summed E-state index contributed by atoms with van der Waals surface area (Å²) in [6.07, 6.45) is 1.57. The van der Waals surface area contributed by atoms with Gasteiger partial charge in [-0.15, -0.1) is 0 Å². The number of imidazole rings is 1. The van der Waals surface area contributed by atoms with Crippen molar-refractivity contribution in [3.05, 3.63) is 11.5 Å². The van der Waals surface area contributed by atoms with Crippen molar-refractivity contribution in [2.75, 3.05) is 0 Å². The molecule has 0 fully saturated rings. The number of aromatic nitrogens is 4. The van der Waals surface area contributed by atoms with Gasteiger partial charge in [0.05, 0.1) is 0 Å². The molecule has 0 radical (unpaired) electrons. The predicted molar refractivity (Wildman–Crippen MR) is 88.9 cm³/mol. The molecule has 0 aliphatic carbocycles. The van der Waals surface area contributed by atoms with Crippen LogP contribution >= 0.6 is 11.6 Å². The summed E-state index contributed by atoms with van der Waals surface area (Å²) in [5.74, 6) is -0.273. The van der Waals surface area contributed by atoms with E-state index in [1.807, 2.05) is 20.8 Å². The first-order chi connectivity index (χ1) is 10.00. The normalized spacial score (nSPS) is 12.7. The summed E-state index contributed by atoms with van der Waals surface area (Å²) in [6.45, 7) is 5.50. The molecule has 0 saturated heterocycles. The second-order valence-electron chi connectivity index (χ2n) is 7.29. The van der Waals surface area contributed by atoms with E-state index in [1.165, 1.54) is 0 Å². The van der Waals surface area contributed by atoms with Crippen LogP contribution in [0.15, 0.2) is 6.33 Å². The number of carbonyl (C=O) groups is 1. The second-order valence-corrected chi connectivity index (χ2v) is 21.8. The molecule has 0 bridgehead atoms. The third-order valence-electron chi connectivity index (χ3n) is 3.04. The van der Waals surface area contributed by atoms with Crippen LogP contribution in [0.5, 0.6) is 0 Å². The molecule has 0 atom stereocenters. The second kappa shape index (κ2) is 5.96. The molecule has 0 N–H and O–H groups in total. The Balaban J connectivity index is 2.36. The monoisotopic (exact) mass is 432 g/mol. The van der Waals surface area contributed by atoms with Crippen molar-refractivity contribution in [2.45, 2.75) is 42.3 Å². The Bertz CT molecular complexity index is 716. The van der Waals surface area contributed by atoms with Gasteiger partial charge in [-0.25, -0.2) is 0 Å². The van der Waals surface area contributed by atoms with Gasteiger partial charge in [0, 0.05) is 0 Å². The quantitative estimate of drug-likeness (QED) is 0.424. The van der Waals surface area contributed by atoms with E-state index in [1.54, 1.807) is 10.9 Å². The van der Waals surface area contributed by atoms with Crippen molar-refractivity contribution in [3.8, 4) is 0 Å². The summed E-state index contributed by atoms with van der Waals surface area (Å²) in [5.41, 5.74) is 0.604. The first kappa shape index (κ1) is 17.5. The Morgan fingerprint density at radius 3 is 2.50 bits per heavy atom. The van der Waals surface area contributed by atoms with Crippen molar-refractivity contribution in [3.63, 3.8) is 0 Å². The molecule has 2 aromatic heterocycles. The third-order valence-corrected chi connectivity index (χ3v) is 7.77. The Morgan fingerprint density at radius 1 is 1.32 bits per heavy atom. The number of hydrogen-bond donors (Lipinski definition) is 0. The van der Waals surface area contributed by atoms with Gasteiger partial charge in [0.1, 0.15) is 0 Å². The van der Waals surface area contributed by atoms with Gasteiger partial charge in [-0.1, -0.05) is 0 Å². The van der Waals surface area contributed by atoms with E-state index in [2.05, 4.69) is 29.8 Å². The molecule has 22 heavy (non-hydrogen) atoms. The standard InChI is InChI=1S/C11H12ClN4O2.3CH3.Sn/c1-11(2,3)10(17)18-6-16-5-15-7-8(12)13-4-14-9(7)16;;;;/h5H,6H2,1-3H3;3*1H3;. The fourth-order valence-electron chi connectivity index (χ4n) is 1.68. The van der Waals surface area contributed by atoms with Crippen molar-refractivity contribution in [1.29, 1.82) is 0 Å². The van der Waals surface area contributed by atoms with Crippen molar-refractivity contribution in [2.24, 2.45) is 5.41 Å². The number of nitrogens with zero attached hydrogens (tertiary/aromatic N) is 4. The van der Waals surface area contributed by atoms with E-state index in [0.29, 0.717) is 16.3 Å². The molecule has 2 heterocycles. The fraction of sp³-hybridized carbons (Fsp3) is 0.571. The molecular formula is C14H21ClN4O2Sn. The van der Waals surface area contributed by atoms with E-state index in [0.717, 1.165) is 3.84 Å². The zero-order valence-electron chi connectivity index (χ0n) is 13.8. The van der Waals surface area contributed by atoms with E-state index in [-0.39, 0.29) is 12.7 Å². The first-order valence-corrected chi connectivity index (χ1v) is 17.4. The number of ether oxygens (including phenoxy) is 1. The van der Waals surface area contributed by atoms with Gasteiger partial charge in [-0.2, -0.15) is 0 Å². The van der Waals surface area contributed by atoms with E-state index >= 15 is 0 Å². The maximum atomic E-state index is 11.9. The third kappa shape index (κ3) is 3.71. The van der Waals surface area contributed by atoms with E-state index in [9.17, 15) is 4.79 Å². The number of rotatable bonds is 3. The molecule has 0 aliphatic heterocycles. The Morgan fingerprint density at radius 2 is 1.95 bits per heavy atom. The van der Waals surface area contributed by atoms with Crippen molar-refractivity contribution in [1.82, 2.24) is 19.5 Å². The van der Waals surface area contributed by atoms with Crippen LogP contribution in [0.1, 0.15) is 20.8 Å². The average Bonchev–Trinajstić information content (AvgIpc) is 2.77. The van der Waals surface area contributed by atoms with Gasteiger partial charge in [-0.05, 0) is 0 Å². The van der Waals surface area contributed by atoms with Crippen LogP contribution < -0.4 is 3.84 Å². The number of hydrogen-bond acceptors (Lipinski definition) is 5. The van der Waals surface area contributed by atoms with Gasteiger partial charge in [0.25, 0.3) is 0 Å². The summed E-state index contributed by atoms with van der Waals surface area (Å²) in [7, 11) is 0. The summed E-state index contributed by atoms with van der Waals surface area (Å²) in [4.78, 5) is 31.7. The van der Waals surface area contributed by atoms with E-state index in [4.69, 9.17) is 16.3 Å². The maximum absolute atomic E-state index is 11.9. The Kier molecular flexibility index (Phi) is 4.73. The van der Waals surface area contributed by atoms with Gasteiger partial charge in [0.15, 0.2) is 0 Å². The van der Waals surface area contributed by atoms with Gasteiger partial charge in [0.2, 0.25) is 0 Å². The van der Waals surface area contributed by atoms with Crippen LogP contribution in [0, 0.1) is 5.41 Å². The first-order valence-electron chi connectivity index (χ1n) is 7.06. The van der Waals surface area contributed by atoms with Crippen LogP contribution in [0.25, 0.3) is 11.2 Å². The summed E-state index contributed by atoms with van der Waals surface area (Å²) in [5, 5.41) is 0.354. The molecule has 0 unspecified atom stereocenters.